The van der Waals surface area contributed by atoms with Gasteiger partial charge in [0, 0.05) is 25.2 Å². The molecule has 0 aliphatic rings. The predicted octanol–water partition coefficient (Wildman–Crippen LogP) is 2.75. The molecule has 5 nitrogen and oxygen atoms in total. The molecule has 0 aliphatic carbocycles. The van der Waals surface area contributed by atoms with Gasteiger partial charge in [-0.25, -0.2) is 0 Å². The molecular formula is C16H17NO4. The lowest BCUT2D eigenvalue weighted by Crippen LogP contribution is -2.01. The monoisotopic (exact) mass is 287 g/mol. The van der Waals surface area contributed by atoms with Crippen LogP contribution in [0.25, 0.3) is 0 Å². The number of aliphatic hydroxyl groups is 1. The largest absolute Gasteiger partial charge is 0.493 e. The Labute approximate surface area is 123 Å². The number of ether oxygens (including phenoxy) is 1. The first-order valence-corrected chi connectivity index (χ1v) is 6.75. The molecule has 110 valence electrons. The van der Waals surface area contributed by atoms with Crippen LogP contribution in [-0.4, -0.2) is 23.2 Å². The lowest BCUT2D eigenvalue weighted by atomic mass is 10.1. The van der Waals surface area contributed by atoms with Gasteiger partial charge in [0.15, 0.2) is 0 Å². The molecule has 5 heteroatoms. The average molecular weight is 287 g/mol. The Balaban J connectivity index is 1.82. The van der Waals surface area contributed by atoms with E-state index in [4.69, 9.17) is 9.84 Å². The quantitative estimate of drug-likeness (QED) is 0.627. The Morgan fingerprint density at radius 2 is 1.52 bits per heavy atom. The van der Waals surface area contributed by atoms with Crippen molar-refractivity contribution in [3.8, 4) is 5.75 Å². The van der Waals surface area contributed by atoms with E-state index in [0.29, 0.717) is 19.4 Å². The summed E-state index contributed by atoms with van der Waals surface area (Å²) in [6.45, 7) is 0.650. The summed E-state index contributed by atoms with van der Waals surface area (Å²) < 4.78 is 5.62. The fraction of sp³-hybridized carbons (Fsp3) is 0.250. The molecule has 0 saturated heterocycles. The van der Waals surface area contributed by atoms with Crippen molar-refractivity contribution in [1.82, 2.24) is 0 Å². The Hall–Kier alpha value is -2.40. The molecule has 0 atom stereocenters. The summed E-state index contributed by atoms with van der Waals surface area (Å²) in [5.41, 5.74) is 2.16. The SMILES string of the molecule is O=[N+]([O-])c1ccc(CCOc2ccc(CCO)cc2)cc1. The van der Waals surface area contributed by atoms with Crippen LogP contribution in [0, 0.1) is 10.1 Å². The van der Waals surface area contributed by atoms with E-state index < -0.39 is 4.92 Å². The molecular weight excluding hydrogens is 270 g/mol. The van der Waals surface area contributed by atoms with Gasteiger partial charge in [-0.05, 0) is 29.7 Å². The van der Waals surface area contributed by atoms with Gasteiger partial charge in [0.1, 0.15) is 5.75 Å². The lowest BCUT2D eigenvalue weighted by Gasteiger charge is -2.07. The molecule has 0 spiro atoms. The van der Waals surface area contributed by atoms with Crippen LogP contribution in [0.15, 0.2) is 48.5 Å². The van der Waals surface area contributed by atoms with Crippen LogP contribution in [-0.2, 0) is 12.8 Å². The van der Waals surface area contributed by atoms with Crippen molar-refractivity contribution in [2.24, 2.45) is 0 Å². The summed E-state index contributed by atoms with van der Waals surface area (Å²) in [4.78, 5) is 10.1. The van der Waals surface area contributed by atoms with Crippen LogP contribution < -0.4 is 4.74 Å². The number of hydrogen-bond donors (Lipinski definition) is 1. The standard InChI is InChI=1S/C16H17NO4/c18-11-9-13-3-7-16(8-4-13)21-12-10-14-1-5-15(6-2-14)17(19)20/h1-8,18H,9-12H2. The summed E-state index contributed by atoms with van der Waals surface area (Å²) in [6, 6.07) is 14.1. The van der Waals surface area contributed by atoms with Gasteiger partial charge < -0.3 is 9.84 Å². The molecule has 1 N–H and O–H groups in total. The second-order valence-electron chi connectivity index (χ2n) is 4.64. The minimum absolute atomic E-state index is 0.0964. The van der Waals surface area contributed by atoms with Crippen LogP contribution in [0.4, 0.5) is 5.69 Å². The first-order chi connectivity index (χ1) is 10.2. The molecule has 0 bridgehead atoms. The smallest absolute Gasteiger partial charge is 0.269 e. The maximum Gasteiger partial charge on any atom is 0.269 e. The first kappa shape index (κ1) is 15.0. The van der Waals surface area contributed by atoms with E-state index in [1.165, 1.54) is 12.1 Å². The van der Waals surface area contributed by atoms with Crippen molar-refractivity contribution >= 4 is 5.69 Å². The maximum atomic E-state index is 10.6. The number of hydrogen-bond acceptors (Lipinski definition) is 4. The Bertz CT molecular complexity index is 578. The molecule has 0 heterocycles. The normalized spacial score (nSPS) is 10.3. The van der Waals surface area contributed by atoms with Gasteiger partial charge in [-0.15, -0.1) is 0 Å². The van der Waals surface area contributed by atoms with Gasteiger partial charge in [-0.1, -0.05) is 24.3 Å². The number of rotatable bonds is 7. The number of nitro groups is 1. The Kier molecular flexibility index (Phi) is 5.29. The van der Waals surface area contributed by atoms with Crippen LogP contribution in [0.2, 0.25) is 0 Å². The van der Waals surface area contributed by atoms with Gasteiger partial charge in [-0.2, -0.15) is 0 Å². The van der Waals surface area contributed by atoms with Crippen LogP contribution in [0.3, 0.4) is 0 Å². The number of benzene rings is 2. The third-order valence-electron chi connectivity index (χ3n) is 3.13. The molecule has 2 aromatic carbocycles. The second kappa shape index (κ2) is 7.40. The van der Waals surface area contributed by atoms with Crippen molar-refractivity contribution in [3.63, 3.8) is 0 Å². The van der Waals surface area contributed by atoms with Gasteiger partial charge >= 0.3 is 0 Å². The van der Waals surface area contributed by atoms with Gasteiger partial charge in [0.2, 0.25) is 0 Å². The van der Waals surface area contributed by atoms with Crippen molar-refractivity contribution in [2.45, 2.75) is 12.8 Å². The van der Waals surface area contributed by atoms with E-state index in [1.807, 2.05) is 24.3 Å². The molecule has 0 aromatic heterocycles. The first-order valence-electron chi connectivity index (χ1n) is 6.75. The Morgan fingerprint density at radius 3 is 2.10 bits per heavy atom. The number of aliphatic hydroxyl groups excluding tert-OH is 1. The molecule has 0 saturated carbocycles. The fourth-order valence-electron chi connectivity index (χ4n) is 1.95. The fourth-order valence-corrected chi connectivity index (χ4v) is 1.95. The third-order valence-corrected chi connectivity index (χ3v) is 3.13. The second-order valence-corrected chi connectivity index (χ2v) is 4.64. The number of nitro benzene ring substituents is 1. The van der Waals surface area contributed by atoms with Crippen molar-refractivity contribution < 1.29 is 14.8 Å². The molecule has 2 rings (SSSR count). The van der Waals surface area contributed by atoms with Crippen molar-refractivity contribution in [1.29, 1.82) is 0 Å². The predicted molar refractivity (Wildman–Crippen MR) is 79.5 cm³/mol. The minimum atomic E-state index is -0.409. The van der Waals surface area contributed by atoms with E-state index in [9.17, 15) is 10.1 Å². The molecule has 0 aliphatic heterocycles. The van der Waals surface area contributed by atoms with Crippen molar-refractivity contribution in [2.75, 3.05) is 13.2 Å². The zero-order valence-corrected chi connectivity index (χ0v) is 11.6. The van der Waals surface area contributed by atoms with Crippen molar-refractivity contribution in [3.05, 3.63) is 69.8 Å². The summed E-state index contributed by atoms with van der Waals surface area (Å²) in [5.74, 6) is 0.776. The topological polar surface area (TPSA) is 72.6 Å². The molecule has 0 fully saturated rings. The van der Waals surface area contributed by atoms with E-state index in [-0.39, 0.29) is 12.3 Å². The lowest BCUT2D eigenvalue weighted by molar-refractivity contribution is -0.384. The zero-order chi connectivity index (χ0) is 15.1. The van der Waals surface area contributed by atoms with Crippen LogP contribution >= 0.6 is 0 Å². The van der Waals surface area contributed by atoms with Crippen LogP contribution in [0.1, 0.15) is 11.1 Å². The molecule has 21 heavy (non-hydrogen) atoms. The average Bonchev–Trinajstić information content (AvgIpc) is 2.50. The highest BCUT2D eigenvalue weighted by molar-refractivity contribution is 5.33. The van der Waals surface area contributed by atoms with E-state index >= 15 is 0 Å². The molecule has 0 unspecified atom stereocenters. The highest BCUT2D eigenvalue weighted by Gasteiger charge is 2.04. The summed E-state index contributed by atoms with van der Waals surface area (Å²) in [5, 5.41) is 19.4. The molecule has 2 aromatic rings. The van der Waals surface area contributed by atoms with Gasteiger partial charge in [0.05, 0.1) is 11.5 Å². The molecule has 0 radical (unpaired) electrons. The zero-order valence-electron chi connectivity index (χ0n) is 11.6. The number of nitrogens with zero attached hydrogens (tertiary/aromatic N) is 1. The Morgan fingerprint density at radius 1 is 0.952 bits per heavy atom. The van der Waals surface area contributed by atoms with E-state index in [1.54, 1.807) is 12.1 Å². The minimum Gasteiger partial charge on any atom is -0.493 e. The van der Waals surface area contributed by atoms with E-state index in [2.05, 4.69) is 0 Å². The summed E-state index contributed by atoms with van der Waals surface area (Å²) in [7, 11) is 0. The van der Waals surface area contributed by atoms with Crippen LogP contribution in [0.5, 0.6) is 5.75 Å². The maximum absolute atomic E-state index is 10.6. The molecule has 0 amide bonds. The van der Waals surface area contributed by atoms with E-state index in [0.717, 1.165) is 16.9 Å². The summed E-state index contributed by atoms with van der Waals surface area (Å²) >= 11 is 0. The third kappa shape index (κ3) is 4.57. The number of non-ortho nitro benzene ring substituents is 1. The highest BCUT2D eigenvalue weighted by atomic mass is 16.6. The van der Waals surface area contributed by atoms with Gasteiger partial charge in [-0.3, -0.25) is 10.1 Å². The highest BCUT2D eigenvalue weighted by Crippen LogP contribution is 2.15. The summed E-state index contributed by atoms with van der Waals surface area (Å²) in [6.07, 6.45) is 1.33. The van der Waals surface area contributed by atoms with Gasteiger partial charge in [0.25, 0.3) is 5.69 Å².